The predicted molar refractivity (Wildman–Crippen MR) is 200 cm³/mol. The van der Waals surface area contributed by atoms with E-state index < -0.39 is 6.17 Å². The van der Waals surface area contributed by atoms with E-state index >= 15 is 0 Å². The maximum absolute atomic E-state index is 13.2. The van der Waals surface area contributed by atoms with Crippen LogP contribution in [0.25, 0.3) is 11.1 Å². The van der Waals surface area contributed by atoms with E-state index in [1.807, 2.05) is 30.3 Å². The number of ether oxygens (including phenoxy) is 2. The number of alkyl halides is 1. The van der Waals surface area contributed by atoms with Crippen molar-refractivity contribution in [3.63, 3.8) is 0 Å². The third-order valence-electron chi connectivity index (χ3n) is 9.72. The molecule has 1 saturated heterocycles. The second-order valence-corrected chi connectivity index (χ2v) is 13.8. The molecule has 10 heteroatoms. The smallest absolute Gasteiger partial charge is 0.217 e. The minimum absolute atomic E-state index is 0.267. The summed E-state index contributed by atoms with van der Waals surface area (Å²) in [7, 11) is 0. The molecule has 2 heterocycles. The summed E-state index contributed by atoms with van der Waals surface area (Å²) in [6, 6.07) is 26.1. The molecule has 0 saturated carbocycles. The number of carbonyl (C=O) groups is 1. The SMILES string of the molecule is Cc1c(COc2cc(OCc3cccc(C#N)c3)c(CNCCCC(N)=O)cc2Cl)cccc1-c1cccc2c1CCN2CCCN1CC(F)C1. The van der Waals surface area contributed by atoms with Gasteiger partial charge in [-0.05, 0) is 90.4 Å². The summed E-state index contributed by atoms with van der Waals surface area (Å²) in [5.41, 5.74) is 14.9. The molecule has 8 nitrogen and oxygen atoms in total. The second kappa shape index (κ2) is 17.1. The third-order valence-corrected chi connectivity index (χ3v) is 10.0. The number of nitrogens with two attached hydrogens (primary N) is 1. The highest BCUT2D eigenvalue weighted by Gasteiger charge is 2.27. The topological polar surface area (TPSA) is 104 Å². The number of fused-ring (bicyclic) bond motifs is 1. The molecule has 3 N–H and O–H groups in total. The Balaban J connectivity index is 1.16. The third kappa shape index (κ3) is 9.19. The Kier molecular flexibility index (Phi) is 12.1. The molecule has 0 aromatic heterocycles. The highest BCUT2D eigenvalue weighted by molar-refractivity contribution is 6.32. The zero-order chi connectivity index (χ0) is 35.7. The van der Waals surface area contributed by atoms with Crippen LogP contribution >= 0.6 is 11.6 Å². The van der Waals surface area contributed by atoms with E-state index in [4.69, 9.17) is 26.8 Å². The van der Waals surface area contributed by atoms with Crippen LogP contribution < -0.4 is 25.4 Å². The van der Waals surface area contributed by atoms with Crippen molar-refractivity contribution in [2.75, 3.05) is 44.2 Å². The number of nitrogens with one attached hydrogen (secondary N) is 1. The lowest BCUT2D eigenvalue weighted by molar-refractivity contribution is -0.118. The summed E-state index contributed by atoms with van der Waals surface area (Å²) < 4.78 is 25.9. The number of benzene rings is 4. The Morgan fingerprint density at radius 1 is 0.980 bits per heavy atom. The summed E-state index contributed by atoms with van der Waals surface area (Å²) in [5, 5.41) is 13.1. The maximum atomic E-state index is 13.2. The van der Waals surface area contributed by atoms with Gasteiger partial charge in [-0.2, -0.15) is 5.26 Å². The van der Waals surface area contributed by atoms with Gasteiger partial charge in [-0.25, -0.2) is 4.39 Å². The maximum Gasteiger partial charge on any atom is 0.217 e. The van der Waals surface area contributed by atoms with Gasteiger partial charge in [-0.3, -0.25) is 9.69 Å². The molecule has 0 aliphatic carbocycles. The lowest BCUT2D eigenvalue weighted by Gasteiger charge is -2.34. The molecule has 4 aromatic rings. The summed E-state index contributed by atoms with van der Waals surface area (Å²) in [6.45, 7) is 7.88. The highest BCUT2D eigenvalue weighted by Crippen LogP contribution is 2.39. The number of primary amides is 1. The molecule has 1 fully saturated rings. The summed E-state index contributed by atoms with van der Waals surface area (Å²) in [4.78, 5) is 15.8. The van der Waals surface area contributed by atoms with Gasteiger partial charge < -0.3 is 25.4 Å². The Hall–Kier alpha value is -4.62. The van der Waals surface area contributed by atoms with Crippen LogP contribution in [0.5, 0.6) is 11.5 Å². The van der Waals surface area contributed by atoms with Crippen molar-refractivity contribution in [3.8, 4) is 28.7 Å². The van der Waals surface area contributed by atoms with Crippen LogP contribution in [-0.4, -0.2) is 56.2 Å². The van der Waals surface area contributed by atoms with Gasteiger partial charge in [0.15, 0.2) is 0 Å². The van der Waals surface area contributed by atoms with Crippen LogP contribution in [-0.2, 0) is 31.0 Å². The lowest BCUT2D eigenvalue weighted by Crippen LogP contribution is -2.48. The molecule has 0 atom stereocenters. The molecule has 0 bridgehead atoms. The molecule has 51 heavy (non-hydrogen) atoms. The fraction of sp³-hybridized carbons (Fsp3) is 0.366. The Morgan fingerprint density at radius 2 is 1.76 bits per heavy atom. The van der Waals surface area contributed by atoms with Crippen LogP contribution in [0.1, 0.15) is 52.6 Å². The van der Waals surface area contributed by atoms with Crippen LogP contribution in [0.2, 0.25) is 5.02 Å². The first-order valence-corrected chi connectivity index (χ1v) is 18.0. The molecule has 0 radical (unpaired) electrons. The van der Waals surface area contributed by atoms with Gasteiger partial charge >= 0.3 is 0 Å². The first-order valence-electron chi connectivity index (χ1n) is 17.7. The van der Waals surface area contributed by atoms with Gasteiger partial charge in [-0.15, -0.1) is 0 Å². The minimum atomic E-state index is -0.654. The molecule has 4 aromatic carbocycles. The lowest BCUT2D eigenvalue weighted by atomic mass is 9.92. The molecule has 2 aliphatic heterocycles. The molecular weight excluding hydrogens is 665 g/mol. The second-order valence-electron chi connectivity index (χ2n) is 13.4. The van der Waals surface area contributed by atoms with E-state index in [2.05, 4.69) is 64.5 Å². The molecule has 1 amide bonds. The number of halogens is 2. The van der Waals surface area contributed by atoms with Gasteiger partial charge in [0, 0.05) is 63.0 Å². The Labute approximate surface area is 304 Å². The summed E-state index contributed by atoms with van der Waals surface area (Å²) >= 11 is 6.79. The Bertz CT molecular complexity index is 1890. The number of amides is 1. The van der Waals surface area contributed by atoms with Gasteiger partial charge in [0.1, 0.15) is 30.9 Å². The molecule has 0 spiro atoms. The van der Waals surface area contributed by atoms with Crippen molar-refractivity contribution in [2.45, 2.75) is 58.5 Å². The van der Waals surface area contributed by atoms with Gasteiger partial charge in [0.2, 0.25) is 5.91 Å². The number of nitrogens with zero attached hydrogens (tertiary/aromatic N) is 3. The number of nitriles is 1. The quantitative estimate of drug-likeness (QED) is 0.113. The summed E-state index contributed by atoms with van der Waals surface area (Å²) in [6.07, 6.45) is 2.31. The predicted octanol–water partition coefficient (Wildman–Crippen LogP) is 7.11. The van der Waals surface area contributed by atoms with Crippen LogP contribution in [0.15, 0.2) is 72.8 Å². The average Bonchev–Trinajstić information content (AvgIpc) is 3.53. The number of likely N-dealkylation sites (tertiary alicyclic amines) is 1. The minimum Gasteiger partial charge on any atom is -0.488 e. The highest BCUT2D eigenvalue weighted by atomic mass is 35.5. The normalized spacial score (nSPS) is 14.2. The molecule has 2 aliphatic rings. The van der Waals surface area contributed by atoms with Crippen molar-refractivity contribution in [1.82, 2.24) is 10.2 Å². The number of hydrogen-bond acceptors (Lipinski definition) is 7. The summed E-state index contributed by atoms with van der Waals surface area (Å²) in [5.74, 6) is 0.801. The number of carbonyl (C=O) groups excluding carboxylic acids is 1. The van der Waals surface area contributed by atoms with Crippen LogP contribution in [0, 0.1) is 18.3 Å². The zero-order valence-corrected chi connectivity index (χ0v) is 29.9. The van der Waals surface area contributed by atoms with Gasteiger partial charge in [0.05, 0.1) is 16.7 Å². The van der Waals surface area contributed by atoms with E-state index in [9.17, 15) is 14.4 Å². The number of anilines is 1. The first-order chi connectivity index (χ1) is 24.8. The monoisotopic (exact) mass is 709 g/mol. The molecule has 0 unspecified atom stereocenters. The van der Waals surface area contributed by atoms with Crippen molar-refractivity contribution in [3.05, 3.63) is 111 Å². The van der Waals surface area contributed by atoms with Crippen molar-refractivity contribution in [1.29, 1.82) is 5.26 Å². The van der Waals surface area contributed by atoms with E-state index in [1.54, 1.807) is 6.07 Å². The van der Waals surface area contributed by atoms with Gasteiger partial charge in [-0.1, -0.05) is 54.1 Å². The fourth-order valence-corrected chi connectivity index (χ4v) is 7.15. The Morgan fingerprint density at radius 3 is 2.57 bits per heavy atom. The van der Waals surface area contributed by atoms with Crippen molar-refractivity contribution in [2.24, 2.45) is 5.73 Å². The molecule has 6 rings (SSSR count). The van der Waals surface area contributed by atoms with Crippen LogP contribution in [0.4, 0.5) is 10.1 Å². The van der Waals surface area contributed by atoms with E-state index in [1.165, 1.54) is 22.4 Å². The fourth-order valence-electron chi connectivity index (χ4n) is 6.91. The largest absolute Gasteiger partial charge is 0.488 e. The first kappa shape index (κ1) is 36.2. The van der Waals surface area contributed by atoms with Gasteiger partial charge in [0.25, 0.3) is 0 Å². The van der Waals surface area contributed by atoms with E-state index in [-0.39, 0.29) is 12.5 Å². The molecule has 266 valence electrons. The zero-order valence-electron chi connectivity index (χ0n) is 29.1. The number of hydrogen-bond donors (Lipinski definition) is 2. The van der Waals surface area contributed by atoms with Crippen LogP contribution in [0.3, 0.4) is 0 Å². The van der Waals surface area contributed by atoms with E-state index in [0.717, 1.165) is 54.7 Å². The molecular formula is C41H45ClFN5O3. The number of rotatable bonds is 17. The van der Waals surface area contributed by atoms with Crippen molar-refractivity contribution >= 4 is 23.2 Å². The standard InChI is InChI=1S/C41H45ClFN5O3/c1-28-31(9-3-10-34(28)35-11-4-12-38-36(35)14-18-48(38)17-6-16-47-24-33(43)25-47)27-51-40-21-39(50-26-30-8-2-7-29(19-30)22-44)32(20-37(40)42)23-46-15-5-13-41(45)49/h2-4,7-12,19-21,33,46H,5-6,13-18,23-27H2,1H3,(H2,45,49). The van der Waals surface area contributed by atoms with E-state index in [0.29, 0.717) is 67.7 Å². The average molecular weight is 710 g/mol. The van der Waals surface area contributed by atoms with Crippen molar-refractivity contribution < 1.29 is 18.7 Å².